The summed E-state index contributed by atoms with van der Waals surface area (Å²) in [5, 5.41) is 3.70. The molecular weight excluding hydrogens is 150 g/mol. The van der Waals surface area contributed by atoms with Crippen LogP contribution in [-0.4, -0.2) is 12.8 Å². The van der Waals surface area contributed by atoms with E-state index in [1.165, 1.54) is 5.57 Å². The SMILES string of the molecule is CCC1=CC=CC2([C]=NOC2)C1. The van der Waals surface area contributed by atoms with E-state index in [1.807, 2.05) is 0 Å². The molecule has 0 amide bonds. The molecule has 1 aliphatic heterocycles. The molecule has 63 valence electrons. The Morgan fingerprint density at radius 3 is 3.33 bits per heavy atom. The van der Waals surface area contributed by atoms with Crippen LogP contribution < -0.4 is 0 Å². The summed E-state index contributed by atoms with van der Waals surface area (Å²) in [6, 6.07) is 0. The molecule has 12 heavy (non-hydrogen) atoms. The molecule has 2 nitrogen and oxygen atoms in total. The largest absolute Gasteiger partial charge is 0.394 e. The second-order valence-corrected chi connectivity index (χ2v) is 3.35. The molecule has 2 heteroatoms. The maximum absolute atomic E-state index is 4.97. The van der Waals surface area contributed by atoms with Gasteiger partial charge in [0.25, 0.3) is 0 Å². The first-order chi connectivity index (χ1) is 5.85. The van der Waals surface area contributed by atoms with Crippen LogP contribution in [0.5, 0.6) is 0 Å². The van der Waals surface area contributed by atoms with Crippen LogP contribution in [0.3, 0.4) is 0 Å². The van der Waals surface area contributed by atoms with E-state index in [4.69, 9.17) is 4.84 Å². The zero-order valence-corrected chi connectivity index (χ0v) is 7.21. The lowest BCUT2D eigenvalue weighted by molar-refractivity contribution is 0.135. The maximum atomic E-state index is 4.97. The third kappa shape index (κ3) is 1.17. The van der Waals surface area contributed by atoms with Crippen LogP contribution >= 0.6 is 0 Å². The molecule has 1 spiro atoms. The molecule has 1 aliphatic carbocycles. The van der Waals surface area contributed by atoms with Gasteiger partial charge in [0.05, 0.1) is 5.41 Å². The van der Waals surface area contributed by atoms with Gasteiger partial charge in [-0.05, 0) is 12.8 Å². The van der Waals surface area contributed by atoms with Crippen LogP contribution in [0.1, 0.15) is 19.8 Å². The predicted molar refractivity (Wildman–Crippen MR) is 48.0 cm³/mol. The zero-order chi connectivity index (χ0) is 8.44. The van der Waals surface area contributed by atoms with Crippen LogP contribution in [0.15, 0.2) is 29.0 Å². The lowest BCUT2D eigenvalue weighted by Crippen LogP contribution is -2.23. The molecule has 0 saturated carbocycles. The molecule has 0 N–H and O–H groups in total. The van der Waals surface area contributed by atoms with Crippen molar-refractivity contribution in [3.05, 3.63) is 23.8 Å². The van der Waals surface area contributed by atoms with Gasteiger partial charge in [0.1, 0.15) is 12.8 Å². The van der Waals surface area contributed by atoms with Crippen molar-refractivity contribution in [3.8, 4) is 0 Å². The fourth-order valence-corrected chi connectivity index (χ4v) is 1.61. The molecule has 0 aromatic rings. The number of hydrogen-bond donors (Lipinski definition) is 0. The Morgan fingerprint density at radius 1 is 1.75 bits per heavy atom. The highest BCUT2D eigenvalue weighted by atomic mass is 16.6. The van der Waals surface area contributed by atoms with Crippen molar-refractivity contribution < 1.29 is 4.84 Å². The highest BCUT2D eigenvalue weighted by Gasteiger charge is 2.33. The Bertz CT molecular complexity index is 265. The number of rotatable bonds is 1. The van der Waals surface area contributed by atoms with E-state index in [2.05, 4.69) is 36.5 Å². The van der Waals surface area contributed by atoms with Crippen molar-refractivity contribution in [3.63, 3.8) is 0 Å². The Balaban J connectivity index is 2.18. The topological polar surface area (TPSA) is 21.6 Å². The number of hydrogen-bond acceptors (Lipinski definition) is 2. The summed E-state index contributed by atoms with van der Waals surface area (Å²) in [4.78, 5) is 4.97. The smallest absolute Gasteiger partial charge is 0.132 e. The molecule has 2 aliphatic rings. The summed E-state index contributed by atoms with van der Waals surface area (Å²) >= 11 is 0. The van der Waals surface area contributed by atoms with Crippen LogP contribution in [-0.2, 0) is 4.84 Å². The lowest BCUT2D eigenvalue weighted by Gasteiger charge is -2.22. The molecule has 0 aromatic heterocycles. The minimum atomic E-state index is -0.0416. The van der Waals surface area contributed by atoms with Crippen molar-refractivity contribution in [2.24, 2.45) is 10.6 Å². The van der Waals surface area contributed by atoms with Crippen LogP contribution in [0.4, 0.5) is 0 Å². The van der Waals surface area contributed by atoms with E-state index < -0.39 is 0 Å². The molecule has 0 saturated heterocycles. The summed E-state index contributed by atoms with van der Waals surface area (Å²) in [6.45, 7) is 2.83. The standard InChI is InChI=1S/C10H12NO/c1-2-9-4-3-5-10(6-9)7-11-12-8-10/h3-5H,2,6,8H2,1H3. The average molecular weight is 162 g/mol. The number of nitrogens with zero attached hydrogens (tertiary/aromatic N) is 1. The van der Waals surface area contributed by atoms with E-state index in [9.17, 15) is 0 Å². The summed E-state index contributed by atoms with van der Waals surface area (Å²) in [5.74, 6) is 0. The van der Waals surface area contributed by atoms with Gasteiger partial charge in [-0.25, -0.2) is 0 Å². The number of allylic oxidation sites excluding steroid dienone is 3. The summed E-state index contributed by atoms with van der Waals surface area (Å²) in [5.41, 5.74) is 1.41. The monoisotopic (exact) mass is 162 g/mol. The molecule has 0 bridgehead atoms. The summed E-state index contributed by atoms with van der Waals surface area (Å²) < 4.78 is 0. The zero-order valence-electron chi connectivity index (χ0n) is 7.21. The van der Waals surface area contributed by atoms with E-state index in [-0.39, 0.29) is 5.41 Å². The van der Waals surface area contributed by atoms with E-state index in [1.54, 1.807) is 0 Å². The van der Waals surface area contributed by atoms with Gasteiger partial charge in [-0.15, -0.1) is 0 Å². The Kier molecular flexibility index (Phi) is 1.75. The summed E-state index contributed by atoms with van der Waals surface area (Å²) in [6.07, 6.45) is 11.5. The molecule has 2 rings (SSSR count). The molecular formula is C10H12NO. The van der Waals surface area contributed by atoms with Crippen molar-refractivity contribution in [2.75, 3.05) is 6.61 Å². The highest BCUT2D eigenvalue weighted by Crippen LogP contribution is 2.34. The predicted octanol–water partition coefficient (Wildman–Crippen LogP) is 2.16. The fourth-order valence-electron chi connectivity index (χ4n) is 1.61. The highest BCUT2D eigenvalue weighted by molar-refractivity contribution is 5.71. The van der Waals surface area contributed by atoms with Crippen molar-refractivity contribution in [1.82, 2.24) is 0 Å². The van der Waals surface area contributed by atoms with E-state index in [0.29, 0.717) is 6.61 Å². The quantitative estimate of drug-likeness (QED) is 0.579. The van der Waals surface area contributed by atoms with Gasteiger partial charge in [-0.3, -0.25) is 0 Å². The third-order valence-electron chi connectivity index (χ3n) is 2.40. The Hall–Kier alpha value is -1.05. The molecule has 0 fully saturated rings. The van der Waals surface area contributed by atoms with Gasteiger partial charge in [0.15, 0.2) is 0 Å². The van der Waals surface area contributed by atoms with Gasteiger partial charge in [-0.2, -0.15) is 0 Å². The maximum Gasteiger partial charge on any atom is 0.132 e. The van der Waals surface area contributed by atoms with Gasteiger partial charge in [0.2, 0.25) is 0 Å². The normalized spacial score (nSPS) is 32.2. The van der Waals surface area contributed by atoms with E-state index in [0.717, 1.165) is 12.8 Å². The Labute approximate surface area is 72.6 Å². The van der Waals surface area contributed by atoms with Gasteiger partial charge >= 0.3 is 0 Å². The van der Waals surface area contributed by atoms with E-state index >= 15 is 0 Å². The van der Waals surface area contributed by atoms with Gasteiger partial charge < -0.3 is 4.84 Å². The average Bonchev–Trinajstić information content (AvgIpc) is 2.53. The van der Waals surface area contributed by atoms with Crippen LogP contribution in [0.25, 0.3) is 0 Å². The fraction of sp³-hybridized carbons (Fsp3) is 0.500. The second-order valence-electron chi connectivity index (χ2n) is 3.35. The van der Waals surface area contributed by atoms with Gasteiger partial charge in [0, 0.05) is 0 Å². The molecule has 1 unspecified atom stereocenters. The third-order valence-corrected chi connectivity index (χ3v) is 2.40. The van der Waals surface area contributed by atoms with Crippen molar-refractivity contribution >= 4 is 6.21 Å². The lowest BCUT2D eigenvalue weighted by atomic mass is 9.80. The molecule has 1 atom stereocenters. The molecule has 0 aromatic carbocycles. The first-order valence-corrected chi connectivity index (χ1v) is 4.31. The molecule has 1 heterocycles. The van der Waals surface area contributed by atoms with Gasteiger partial charge in [-0.1, -0.05) is 35.9 Å². The minimum absolute atomic E-state index is 0.0416. The van der Waals surface area contributed by atoms with Crippen LogP contribution in [0, 0.1) is 5.41 Å². The minimum Gasteiger partial charge on any atom is -0.394 e. The molecule has 1 radical (unpaired) electrons. The van der Waals surface area contributed by atoms with Crippen molar-refractivity contribution in [2.45, 2.75) is 19.8 Å². The second kappa shape index (κ2) is 2.77. The first-order valence-electron chi connectivity index (χ1n) is 4.31. The first kappa shape index (κ1) is 7.59. The van der Waals surface area contributed by atoms with Crippen LogP contribution in [0.2, 0.25) is 0 Å². The Morgan fingerprint density at radius 2 is 2.67 bits per heavy atom. The summed E-state index contributed by atoms with van der Waals surface area (Å²) in [7, 11) is 0. The van der Waals surface area contributed by atoms with Crippen molar-refractivity contribution in [1.29, 1.82) is 0 Å².